The van der Waals surface area contributed by atoms with Crippen LogP contribution < -0.4 is 4.90 Å². The Morgan fingerprint density at radius 3 is 3.00 bits per heavy atom. The van der Waals surface area contributed by atoms with E-state index >= 15 is 0 Å². The zero-order valence-electron chi connectivity index (χ0n) is 10.5. The van der Waals surface area contributed by atoms with E-state index in [4.69, 9.17) is 10.00 Å². The molecule has 1 atom stereocenters. The Bertz CT molecular complexity index is 528. The molecule has 0 spiro atoms. The molecule has 4 heteroatoms. The summed E-state index contributed by atoms with van der Waals surface area (Å²) in [6.45, 7) is 2.56. The van der Waals surface area contributed by atoms with Crippen LogP contribution in [0, 0.1) is 18.3 Å². The van der Waals surface area contributed by atoms with Gasteiger partial charge in [-0.05, 0) is 24.6 Å². The molecule has 0 fully saturated rings. The molecule has 0 N–H and O–H groups in total. The van der Waals surface area contributed by atoms with Gasteiger partial charge in [0.05, 0.1) is 18.2 Å². The Kier molecular flexibility index (Phi) is 3.75. The monoisotopic (exact) mass is 241 g/mol. The number of rotatable bonds is 3. The predicted molar refractivity (Wildman–Crippen MR) is 70.1 cm³/mol. The summed E-state index contributed by atoms with van der Waals surface area (Å²) in [5.41, 5.74) is 1.56. The minimum absolute atomic E-state index is 0.138. The summed E-state index contributed by atoms with van der Waals surface area (Å²) in [5, 5.41) is 8.85. The SMILES string of the molecule is COCC1C=CC=CN1c1ncc(C#N)cc1C. The molecule has 1 aliphatic rings. The molecule has 4 nitrogen and oxygen atoms in total. The summed E-state index contributed by atoms with van der Waals surface area (Å²) in [5.74, 6) is 0.858. The normalized spacial score (nSPS) is 17.8. The van der Waals surface area contributed by atoms with E-state index in [9.17, 15) is 0 Å². The highest BCUT2D eigenvalue weighted by atomic mass is 16.5. The van der Waals surface area contributed by atoms with Crippen molar-refractivity contribution in [2.45, 2.75) is 13.0 Å². The van der Waals surface area contributed by atoms with Gasteiger partial charge in [-0.1, -0.05) is 12.2 Å². The number of ether oxygens (including phenoxy) is 1. The average Bonchev–Trinajstić information content (AvgIpc) is 2.40. The number of nitrogens with zero attached hydrogens (tertiary/aromatic N) is 3. The van der Waals surface area contributed by atoms with Gasteiger partial charge in [0.25, 0.3) is 0 Å². The van der Waals surface area contributed by atoms with Crippen molar-refractivity contribution < 1.29 is 4.74 Å². The first-order valence-electron chi connectivity index (χ1n) is 5.75. The number of nitriles is 1. The zero-order valence-corrected chi connectivity index (χ0v) is 10.5. The lowest BCUT2D eigenvalue weighted by Gasteiger charge is -2.30. The van der Waals surface area contributed by atoms with Crippen molar-refractivity contribution >= 4 is 5.82 Å². The van der Waals surface area contributed by atoms with Gasteiger partial charge in [-0.25, -0.2) is 4.98 Å². The maximum Gasteiger partial charge on any atom is 0.136 e. The van der Waals surface area contributed by atoms with Gasteiger partial charge in [0, 0.05) is 19.5 Å². The van der Waals surface area contributed by atoms with Crippen LogP contribution in [0.15, 0.2) is 36.7 Å². The van der Waals surface area contributed by atoms with Gasteiger partial charge in [0.15, 0.2) is 0 Å². The maximum absolute atomic E-state index is 8.85. The van der Waals surface area contributed by atoms with Crippen LogP contribution in [0.3, 0.4) is 0 Å². The summed E-state index contributed by atoms with van der Waals surface area (Å²) in [7, 11) is 1.68. The Hall–Kier alpha value is -2.12. The van der Waals surface area contributed by atoms with Crippen molar-refractivity contribution in [2.24, 2.45) is 0 Å². The third-order valence-electron chi connectivity index (χ3n) is 2.81. The first kappa shape index (κ1) is 12.3. The molecular formula is C14H15N3O. The Morgan fingerprint density at radius 2 is 2.33 bits per heavy atom. The highest BCUT2D eigenvalue weighted by Crippen LogP contribution is 2.23. The molecule has 2 heterocycles. The number of anilines is 1. The first-order valence-corrected chi connectivity index (χ1v) is 5.75. The van der Waals surface area contributed by atoms with Gasteiger partial charge in [-0.15, -0.1) is 0 Å². The molecule has 0 radical (unpaired) electrons. The minimum Gasteiger partial charge on any atom is -0.382 e. The van der Waals surface area contributed by atoms with Crippen molar-refractivity contribution in [3.05, 3.63) is 47.8 Å². The van der Waals surface area contributed by atoms with Crippen molar-refractivity contribution in [1.82, 2.24) is 4.98 Å². The fourth-order valence-corrected chi connectivity index (χ4v) is 1.97. The van der Waals surface area contributed by atoms with Crippen molar-refractivity contribution in [3.8, 4) is 6.07 Å². The van der Waals surface area contributed by atoms with Crippen LogP contribution in [0.2, 0.25) is 0 Å². The molecule has 1 aromatic heterocycles. The van der Waals surface area contributed by atoms with E-state index < -0.39 is 0 Å². The summed E-state index contributed by atoms with van der Waals surface area (Å²) in [6, 6.07) is 4.08. The Labute approximate surface area is 107 Å². The lowest BCUT2D eigenvalue weighted by Crippen LogP contribution is -2.35. The first-order chi connectivity index (χ1) is 8.76. The highest BCUT2D eigenvalue weighted by Gasteiger charge is 2.19. The zero-order chi connectivity index (χ0) is 13.0. The van der Waals surface area contributed by atoms with E-state index in [1.54, 1.807) is 13.3 Å². The van der Waals surface area contributed by atoms with E-state index in [0.29, 0.717) is 12.2 Å². The van der Waals surface area contributed by atoms with Gasteiger partial charge >= 0.3 is 0 Å². The number of methoxy groups -OCH3 is 1. The molecule has 0 aromatic carbocycles. The molecular weight excluding hydrogens is 226 g/mol. The second-order valence-corrected chi connectivity index (χ2v) is 4.13. The van der Waals surface area contributed by atoms with Crippen LogP contribution in [0.25, 0.3) is 0 Å². The quantitative estimate of drug-likeness (QED) is 0.813. The molecule has 18 heavy (non-hydrogen) atoms. The lowest BCUT2D eigenvalue weighted by atomic mass is 10.1. The molecule has 1 aliphatic heterocycles. The minimum atomic E-state index is 0.138. The molecule has 0 aliphatic carbocycles. The van der Waals surface area contributed by atoms with E-state index in [0.717, 1.165) is 11.4 Å². The van der Waals surface area contributed by atoms with Crippen LogP contribution >= 0.6 is 0 Å². The lowest BCUT2D eigenvalue weighted by molar-refractivity contribution is 0.191. The van der Waals surface area contributed by atoms with Crippen molar-refractivity contribution in [3.63, 3.8) is 0 Å². The Morgan fingerprint density at radius 1 is 1.50 bits per heavy atom. The standard InChI is InChI=1S/C14H15N3O/c1-11-7-12(8-15)9-16-14(11)17-6-4-3-5-13(17)10-18-2/h3-7,9,13H,10H2,1-2H3. The van der Waals surface area contributed by atoms with Crippen LogP contribution in [0.5, 0.6) is 0 Å². The molecule has 0 amide bonds. The number of aryl methyl sites for hydroxylation is 1. The van der Waals surface area contributed by atoms with E-state index in [2.05, 4.69) is 22.0 Å². The van der Waals surface area contributed by atoms with Gasteiger partial charge in [-0.2, -0.15) is 5.26 Å². The number of pyridine rings is 1. The summed E-state index contributed by atoms with van der Waals surface area (Å²) < 4.78 is 5.21. The van der Waals surface area contributed by atoms with Crippen LogP contribution in [0.1, 0.15) is 11.1 Å². The van der Waals surface area contributed by atoms with E-state index in [1.807, 2.05) is 31.3 Å². The van der Waals surface area contributed by atoms with Crippen molar-refractivity contribution in [2.75, 3.05) is 18.6 Å². The number of aromatic nitrogens is 1. The summed E-state index contributed by atoms with van der Waals surface area (Å²) in [6.07, 6.45) is 9.61. The van der Waals surface area contributed by atoms with Gasteiger partial charge in [0.2, 0.25) is 0 Å². The molecule has 0 bridgehead atoms. The van der Waals surface area contributed by atoms with Gasteiger partial charge < -0.3 is 9.64 Å². The van der Waals surface area contributed by atoms with Gasteiger partial charge in [-0.3, -0.25) is 0 Å². The third kappa shape index (κ3) is 2.41. The fraction of sp³-hybridized carbons (Fsp3) is 0.286. The van der Waals surface area contributed by atoms with E-state index in [-0.39, 0.29) is 6.04 Å². The predicted octanol–water partition coefficient (Wildman–Crippen LogP) is 2.17. The Balaban J connectivity index is 2.32. The van der Waals surface area contributed by atoms with Crippen LogP contribution in [-0.4, -0.2) is 24.7 Å². The maximum atomic E-state index is 8.85. The summed E-state index contributed by atoms with van der Waals surface area (Å²) >= 11 is 0. The smallest absolute Gasteiger partial charge is 0.136 e. The molecule has 1 aromatic rings. The second-order valence-electron chi connectivity index (χ2n) is 4.13. The van der Waals surface area contributed by atoms with Crippen molar-refractivity contribution in [1.29, 1.82) is 5.26 Å². The summed E-state index contributed by atoms with van der Waals surface area (Å²) in [4.78, 5) is 6.42. The second kappa shape index (κ2) is 5.48. The topological polar surface area (TPSA) is 49.1 Å². The van der Waals surface area contributed by atoms with Crippen LogP contribution in [0.4, 0.5) is 5.82 Å². The fourth-order valence-electron chi connectivity index (χ4n) is 1.97. The molecule has 2 rings (SSSR count). The average molecular weight is 241 g/mol. The molecule has 0 saturated heterocycles. The third-order valence-corrected chi connectivity index (χ3v) is 2.81. The van der Waals surface area contributed by atoms with E-state index in [1.165, 1.54) is 0 Å². The largest absolute Gasteiger partial charge is 0.382 e. The highest BCUT2D eigenvalue weighted by molar-refractivity contribution is 5.54. The molecule has 1 unspecified atom stereocenters. The number of hydrogen-bond acceptors (Lipinski definition) is 4. The molecule has 92 valence electrons. The molecule has 0 saturated carbocycles. The van der Waals surface area contributed by atoms with Crippen LogP contribution in [-0.2, 0) is 4.74 Å². The number of hydrogen-bond donors (Lipinski definition) is 0. The van der Waals surface area contributed by atoms with Gasteiger partial charge in [0.1, 0.15) is 11.9 Å². The number of allylic oxidation sites excluding steroid dienone is 2.